The van der Waals surface area contributed by atoms with Crippen LogP contribution < -0.4 is 0 Å². The fraction of sp³-hybridized carbons (Fsp3) is 0.133. The normalized spacial score (nSPS) is 11.7. The Morgan fingerprint density at radius 2 is 2.29 bits per heavy atom. The second-order valence-corrected chi connectivity index (χ2v) is 4.88. The molecule has 0 aliphatic rings. The zero-order valence-electron chi connectivity index (χ0n) is 11.1. The van der Waals surface area contributed by atoms with Crippen molar-refractivity contribution in [1.29, 1.82) is 5.26 Å². The summed E-state index contributed by atoms with van der Waals surface area (Å²) in [5.41, 5.74) is 3.06. The molecular formula is C15H12ClN5. The number of alkyl halides is 1. The average molecular weight is 298 g/mol. The topological polar surface area (TPSA) is 70.3 Å². The van der Waals surface area contributed by atoms with Crippen LogP contribution in [0.25, 0.3) is 22.7 Å². The van der Waals surface area contributed by atoms with Gasteiger partial charge in [-0.2, -0.15) is 10.4 Å². The molecule has 5 nitrogen and oxygen atoms in total. The third kappa shape index (κ3) is 2.81. The molecule has 0 spiro atoms. The van der Waals surface area contributed by atoms with Gasteiger partial charge < -0.3 is 4.98 Å². The Morgan fingerprint density at radius 1 is 1.43 bits per heavy atom. The van der Waals surface area contributed by atoms with E-state index in [1.807, 2.05) is 30.5 Å². The number of fused-ring (bicyclic) bond motifs is 1. The molecule has 0 saturated carbocycles. The largest absolute Gasteiger partial charge is 0.337 e. The van der Waals surface area contributed by atoms with Crippen molar-refractivity contribution in [2.24, 2.45) is 0 Å². The lowest BCUT2D eigenvalue weighted by Gasteiger charge is -1.94. The van der Waals surface area contributed by atoms with Gasteiger partial charge in [0.1, 0.15) is 11.9 Å². The zero-order chi connectivity index (χ0) is 14.7. The molecule has 104 valence electrons. The molecule has 0 unspecified atom stereocenters. The molecular weight excluding hydrogens is 286 g/mol. The second kappa shape index (κ2) is 5.81. The minimum absolute atomic E-state index is 0.469. The lowest BCUT2D eigenvalue weighted by Crippen LogP contribution is -1.98. The number of nitrogens with zero attached hydrogens (tertiary/aromatic N) is 4. The Labute approximate surface area is 126 Å². The number of nitriles is 1. The Kier molecular flexibility index (Phi) is 3.71. The number of hydrogen-bond donors (Lipinski definition) is 1. The first-order chi connectivity index (χ1) is 10.3. The van der Waals surface area contributed by atoms with Crippen LogP contribution in [0.2, 0.25) is 0 Å². The number of nitrogens with one attached hydrogen (secondary N) is 1. The number of halogens is 1. The number of aryl methyl sites for hydroxylation is 1. The molecule has 21 heavy (non-hydrogen) atoms. The third-order valence-corrected chi connectivity index (χ3v) is 3.21. The molecule has 1 aromatic carbocycles. The number of imidazole rings is 1. The number of aromatic nitrogens is 4. The Morgan fingerprint density at radius 3 is 3.05 bits per heavy atom. The summed E-state index contributed by atoms with van der Waals surface area (Å²) in [5.74, 6) is 1.06. The Balaban J connectivity index is 1.96. The highest BCUT2D eigenvalue weighted by molar-refractivity contribution is 6.17. The van der Waals surface area contributed by atoms with Gasteiger partial charge in [-0.25, -0.2) is 4.98 Å². The number of rotatable bonds is 4. The number of aromatic amines is 1. The SMILES string of the molecule is N#C/C(=C/c1cnn(CCCl)c1)c1nc2ccccc2[nH]1. The zero-order valence-corrected chi connectivity index (χ0v) is 11.9. The molecule has 0 fully saturated rings. The van der Waals surface area contributed by atoms with E-state index in [2.05, 4.69) is 21.1 Å². The van der Waals surface area contributed by atoms with Gasteiger partial charge in [-0.3, -0.25) is 4.68 Å². The van der Waals surface area contributed by atoms with Crippen molar-refractivity contribution in [3.8, 4) is 6.07 Å². The van der Waals surface area contributed by atoms with Crippen molar-refractivity contribution in [2.45, 2.75) is 6.54 Å². The smallest absolute Gasteiger partial charge is 0.149 e. The highest BCUT2D eigenvalue weighted by Gasteiger charge is 2.08. The van der Waals surface area contributed by atoms with Crippen molar-refractivity contribution >= 4 is 34.3 Å². The molecule has 0 saturated heterocycles. The van der Waals surface area contributed by atoms with Crippen LogP contribution in [0.15, 0.2) is 36.7 Å². The first kappa shape index (κ1) is 13.4. The fourth-order valence-electron chi connectivity index (χ4n) is 2.06. The standard InChI is InChI=1S/C15H12ClN5/c16-5-6-21-10-11(9-18-21)7-12(8-17)15-19-13-3-1-2-4-14(13)20-15/h1-4,7,9-10H,5-6H2,(H,19,20)/b12-7-. The minimum atomic E-state index is 0.469. The van der Waals surface area contributed by atoms with Gasteiger partial charge in [0.05, 0.1) is 29.3 Å². The highest BCUT2D eigenvalue weighted by Crippen LogP contribution is 2.18. The molecule has 0 aliphatic heterocycles. The van der Waals surface area contributed by atoms with Crippen molar-refractivity contribution in [3.63, 3.8) is 0 Å². The molecule has 0 atom stereocenters. The first-order valence-electron chi connectivity index (χ1n) is 6.45. The molecule has 1 N–H and O–H groups in total. The summed E-state index contributed by atoms with van der Waals surface area (Å²) >= 11 is 5.68. The van der Waals surface area contributed by atoms with Crippen LogP contribution in [0, 0.1) is 11.3 Å². The number of H-pyrrole nitrogens is 1. The van der Waals surface area contributed by atoms with Crippen LogP contribution in [0.1, 0.15) is 11.4 Å². The quantitative estimate of drug-likeness (QED) is 0.594. The van der Waals surface area contributed by atoms with E-state index in [1.54, 1.807) is 17.0 Å². The van der Waals surface area contributed by atoms with Gasteiger partial charge in [0.2, 0.25) is 0 Å². The van der Waals surface area contributed by atoms with Crippen LogP contribution >= 0.6 is 11.6 Å². The molecule has 0 aliphatic carbocycles. The monoisotopic (exact) mass is 297 g/mol. The predicted octanol–water partition coefficient (Wildman–Crippen LogP) is 3.06. The van der Waals surface area contributed by atoms with Gasteiger partial charge in [0, 0.05) is 17.6 Å². The van der Waals surface area contributed by atoms with Crippen molar-refractivity contribution in [2.75, 3.05) is 5.88 Å². The lowest BCUT2D eigenvalue weighted by atomic mass is 10.2. The van der Waals surface area contributed by atoms with E-state index in [1.165, 1.54) is 0 Å². The molecule has 3 aromatic rings. The van der Waals surface area contributed by atoms with Crippen molar-refractivity contribution in [1.82, 2.24) is 19.7 Å². The van der Waals surface area contributed by atoms with E-state index in [0.717, 1.165) is 16.6 Å². The summed E-state index contributed by atoms with van der Waals surface area (Å²) in [4.78, 5) is 7.58. The summed E-state index contributed by atoms with van der Waals surface area (Å²) in [6, 6.07) is 9.85. The third-order valence-electron chi connectivity index (χ3n) is 3.04. The lowest BCUT2D eigenvalue weighted by molar-refractivity contribution is 0.664. The summed E-state index contributed by atoms with van der Waals surface area (Å²) in [6.07, 6.45) is 5.31. The maximum absolute atomic E-state index is 9.35. The number of benzene rings is 1. The number of para-hydroxylation sites is 2. The Hall–Kier alpha value is -2.58. The van der Waals surface area contributed by atoms with Gasteiger partial charge in [-0.1, -0.05) is 12.1 Å². The maximum Gasteiger partial charge on any atom is 0.149 e. The highest BCUT2D eigenvalue weighted by atomic mass is 35.5. The van der Waals surface area contributed by atoms with E-state index < -0.39 is 0 Å². The first-order valence-corrected chi connectivity index (χ1v) is 6.99. The molecule has 3 rings (SSSR count). The van der Waals surface area contributed by atoms with E-state index in [-0.39, 0.29) is 0 Å². The number of hydrogen-bond acceptors (Lipinski definition) is 3. The van der Waals surface area contributed by atoms with E-state index >= 15 is 0 Å². The molecule has 2 heterocycles. The van der Waals surface area contributed by atoms with E-state index in [9.17, 15) is 5.26 Å². The van der Waals surface area contributed by atoms with Gasteiger partial charge >= 0.3 is 0 Å². The van der Waals surface area contributed by atoms with E-state index in [0.29, 0.717) is 23.8 Å². The van der Waals surface area contributed by atoms with Crippen LogP contribution in [-0.4, -0.2) is 25.6 Å². The van der Waals surface area contributed by atoms with Crippen LogP contribution in [0.4, 0.5) is 0 Å². The minimum Gasteiger partial charge on any atom is -0.337 e. The summed E-state index contributed by atoms with van der Waals surface area (Å²) in [7, 11) is 0. The molecule has 0 radical (unpaired) electrons. The summed E-state index contributed by atoms with van der Waals surface area (Å²) in [5, 5.41) is 13.5. The number of allylic oxidation sites excluding steroid dienone is 1. The summed E-state index contributed by atoms with van der Waals surface area (Å²) in [6.45, 7) is 0.641. The van der Waals surface area contributed by atoms with Gasteiger partial charge in [-0.15, -0.1) is 11.6 Å². The fourth-order valence-corrected chi connectivity index (χ4v) is 2.24. The van der Waals surface area contributed by atoms with Crippen LogP contribution in [0.5, 0.6) is 0 Å². The predicted molar refractivity (Wildman–Crippen MR) is 82.5 cm³/mol. The van der Waals surface area contributed by atoms with E-state index in [4.69, 9.17) is 11.6 Å². The second-order valence-electron chi connectivity index (χ2n) is 4.50. The maximum atomic E-state index is 9.35. The van der Waals surface area contributed by atoms with Crippen LogP contribution in [-0.2, 0) is 6.54 Å². The summed E-state index contributed by atoms with van der Waals surface area (Å²) < 4.78 is 1.74. The van der Waals surface area contributed by atoms with Gasteiger partial charge in [-0.05, 0) is 18.2 Å². The Bertz CT molecular complexity index is 804. The average Bonchev–Trinajstić information content (AvgIpc) is 3.11. The van der Waals surface area contributed by atoms with Crippen molar-refractivity contribution in [3.05, 3.63) is 48.0 Å². The van der Waals surface area contributed by atoms with Crippen LogP contribution in [0.3, 0.4) is 0 Å². The van der Waals surface area contributed by atoms with Crippen molar-refractivity contribution < 1.29 is 0 Å². The molecule has 2 aromatic heterocycles. The molecule has 6 heteroatoms. The molecule has 0 bridgehead atoms. The van der Waals surface area contributed by atoms with Gasteiger partial charge in [0.25, 0.3) is 0 Å². The molecule has 0 amide bonds. The van der Waals surface area contributed by atoms with Gasteiger partial charge in [0.15, 0.2) is 0 Å².